The van der Waals surface area contributed by atoms with Crippen LogP contribution in [0.25, 0.3) is 0 Å². The van der Waals surface area contributed by atoms with E-state index < -0.39 is 20.7 Å². The van der Waals surface area contributed by atoms with Gasteiger partial charge in [0.1, 0.15) is 11.4 Å². The van der Waals surface area contributed by atoms with Crippen LogP contribution in [0, 0.1) is 6.92 Å². The Bertz CT molecular complexity index is 693. The van der Waals surface area contributed by atoms with Crippen molar-refractivity contribution in [1.82, 2.24) is 4.90 Å². The fourth-order valence-electron chi connectivity index (χ4n) is 3.24. The molecule has 0 spiro atoms. The molecule has 0 bridgehead atoms. The van der Waals surface area contributed by atoms with E-state index in [0.29, 0.717) is 6.61 Å². The molecule has 0 radical (unpaired) electrons. The predicted molar refractivity (Wildman–Crippen MR) is 103 cm³/mol. The second kappa shape index (κ2) is 6.95. The number of rotatable bonds is 5. The van der Waals surface area contributed by atoms with Gasteiger partial charge in [0.15, 0.2) is 0 Å². The zero-order chi connectivity index (χ0) is 16.4. The Morgan fingerprint density at radius 3 is 2.83 bits per heavy atom. The molecule has 2 heterocycles. The van der Waals surface area contributed by atoms with E-state index in [0.717, 1.165) is 19.4 Å². The third kappa shape index (κ3) is 3.49. The normalized spacial score (nSPS) is 23.3. The van der Waals surface area contributed by atoms with Crippen molar-refractivity contribution >= 4 is 24.2 Å². The second-order valence-electron chi connectivity index (χ2n) is 6.47. The number of halogens is 2. The van der Waals surface area contributed by atoms with Crippen LogP contribution in [0.15, 0.2) is 40.3 Å². The molecule has 0 saturated heterocycles. The summed E-state index contributed by atoms with van der Waals surface area (Å²) in [5.74, 6) is -0.105. The van der Waals surface area contributed by atoms with Crippen molar-refractivity contribution in [2.24, 2.45) is 0 Å². The topological polar surface area (TPSA) is 12.5 Å². The summed E-state index contributed by atoms with van der Waals surface area (Å²) in [5.41, 5.74) is 3.49. The number of nitrogens with zero attached hydrogens (tertiary/aromatic N) is 1. The third-order valence-electron chi connectivity index (χ3n) is 4.36. The van der Waals surface area contributed by atoms with Gasteiger partial charge >= 0.3 is 0 Å². The highest BCUT2D eigenvalue weighted by atomic mass is 127. The fraction of sp³-hybridized carbons (Fsp3) is 0.421. The van der Waals surface area contributed by atoms with Gasteiger partial charge in [-0.3, -0.25) is 0 Å². The fourth-order valence-corrected chi connectivity index (χ4v) is 5.69. The largest absolute Gasteiger partial charge is 0.360 e. The maximum atomic E-state index is 13.4. The minimum Gasteiger partial charge on any atom is -0.360 e. The average molecular weight is 427 g/mol. The van der Waals surface area contributed by atoms with Crippen molar-refractivity contribution in [3.63, 3.8) is 0 Å². The minimum atomic E-state index is -0.467. The first-order chi connectivity index (χ1) is 11.0. The van der Waals surface area contributed by atoms with Crippen LogP contribution in [0.2, 0.25) is 0 Å². The Kier molecular flexibility index (Phi) is 5.13. The number of aryl methyl sites for hydroxylation is 1. The maximum absolute atomic E-state index is 13.4. The molecule has 4 heteroatoms. The van der Waals surface area contributed by atoms with E-state index in [1.54, 1.807) is 10.2 Å². The Morgan fingerprint density at radius 2 is 2.13 bits per heavy atom. The van der Waals surface area contributed by atoms with Gasteiger partial charge in [-0.2, -0.15) is 0 Å². The molecule has 2 nitrogen and oxygen atoms in total. The summed E-state index contributed by atoms with van der Waals surface area (Å²) >= 11 is -0.467. The van der Waals surface area contributed by atoms with E-state index in [-0.39, 0.29) is 11.4 Å². The lowest BCUT2D eigenvalue weighted by molar-refractivity contribution is 0.0113. The second-order valence-corrected chi connectivity index (χ2v) is 8.88. The van der Waals surface area contributed by atoms with Crippen LogP contribution in [0.5, 0.6) is 0 Å². The molecule has 0 saturated carbocycles. The Hall–Kier alpha value is -0.850. The summed E-state index contributed by atoms with van der Waals surface area (Å²) in [6.07, 6.45) is 5.57. The number of allylic oxidation sites excluding steroid dienone is 2. The van der Waals surface area contributed by atoms with Crippen molar-refractivity contribution < 1.29 is 9.13 Å². The van der Waals surface area contributed by atoms with Crippen molar-refractivity contribution in [3.05, 3.63) is 57.0 Å². The molecule has 0 aromatic heterocycles. The number of fused-ring (bicyclic) bond motifs is 1. The molecule has 1 aromatic carbocycles. The van der Waals surface area contributed by atoms with Gasteiger partial charge in [0.05, 0.1) is 6.61 Å². The highest BCUT2D eigenvalue weighted by Gasteiger charge is 2.42. The van der Waals surface area contributed by atoms with E-state index in [4.69, 9.17) is 4.74 Å². The Labute approximate surface area is 147 Å². The molecule has 1 atom stereocenters. The number of ether oxygens (including phenoxy) is 1. The monoisotopic (exact) mass is 427 g/mol. The minimum absolute atomic E-state index is 0.105. The van der Waals surface area contributed by atoms with Crippen LogP contribution in [-0.4, -0.2) is 29.0 Å². The Balaban J connectivity index is 1.98. The van der Waals surface area contributed by atoms with Crippen molar-refractivity contribution in [1.29, 1.82) is 0 Å². The standard InChI is InChI=1S/C19H23FINO/c1-14-5-7-17-15(11-14)13-23-19(17,9-4-10-22(2)3)18-8-6-16(20)12-21-18/h5-8,11-12H,4,9-10,13H2,1-3H3. The van der Waals surface area contributed by atoms with Gasteiger partial charge < -0.3 is 9.64 Å². The third-order valence-corrected chi connectivity index (χ3v) is 7.16. The lowest BCUT2D eigenvalue weighted by Crippen LogP contribution is -2.34. The summed E-state index contributed by atoms with van der Waals surface area (Å²) in [4.78, 5) is 2.20. The molecular weight excluding hydrogens is 404 g/mol. The van der Waals surface area contributed by atoms with E-state index in [9.17, 15) is 4.39 Å². The van der Waals surface area contributed by atoms with Gasteiger partial charge in [-0.1, -0.05) is 44.5 Å². The summed E-state index contributed by atoms with van der Waals surface area (Å²) in [6.45, 7) is 3.81. The van der Waals surface area contributed by atoms with Crippen molar-refractivity contribution in [3.8, 4) is 0 Å². The summed E-state index contributed by atoms with van der Waals surface area (Å²) in [6, 6.07) is 6.60. The first-order valence-corrected chi connectivity index (χ1v) is 10.3. The molecule has 0 fully saturated rings. The smallest absolute Gasteiger partial charge is 0.128 e. The van der Waals surface area contributed by atoms with E-state index in [1.807, 2.05) is 6.08 Å². The quantitative estimate of drug-likeness (QED) is 0.638. The van der Waals surface area contributed by atoms with Gasteiger partial charge in [0.25, 0.3) is 0 Å². The average Bonchev–Trinajstić information content (AvgIpc) is 2.87. The van der Waals surface area contributed by atoms with Crippen molar-refractivity contribution in [2.45, 2.75) is 32.0 Å². The number of hydrogen-bond donors (Lipinski definition) is 0. The Morgan fingerprint density at radius 1 is 1.30 bits per heavy atom. The lowest BCUT2D eigenvalue weighted by atomic mass is 9.84. The first kappa shape index (κ1) is 17.0. The summed E-state index contributed by atoms with van der Waals surface area (Å²) in [7, 11) is 4.19. The zero-order valence-electron chi connectivity index (χ0n) is 13.9. The molecule has 0 N–H and O–H groups in total. The summed E-state index contributed by atoms with van der Waals surface area (Å²) in [5, 5.41) is 0. The highest BCUT2D eigenvalue weighted by Crippen LogP contribution is 2.44. The molecule has 0 aliphatic carbocycles. The van der Waals surface area contributed by atoms with Gasteiger partial charge in [0.2, 0.25) is 0 Å². The van der Waals surface area contributed by atoms with Crippen LogP contribution in [0.4, 0.5) is 4.39 Å². The molecular formula is C19H23FINO. The van der Waals surface area contributed by atoms with E-state index in [1.165, 1.54) is 20.2 Å². The van der Waals surface area contributed by atoms with Crippen LogP contribution in [0.1, 0.15) is 29.5 Å². The van der Waals surface area contributed by atoms with Gasteiger partial charge in [-0.15, -0.1) is 0 Å². The maximum Gasteiger partial charge on any atom is 0.128 e. The van der Waals surface area contributed by atoms with Crippen LogP contribution in [0.3, 0.4) is 0 Å². The first-order valence-electron chi connectivity index (χ1n) is 7.94. The molecule has 124 valence electrons. The highest BCUT2D eigenvalue weighted by molar-refractivity contribution is 14.2. The zero-order valence-corrected chi connectivity index (χ0v) is 16.1. The predicted octanol–water partition coefficient (Wildman–Crippen LogP) is 4.59. The van der Waals surface area contributed by atoms with Crippen molar-refractivity contribution in [2.75, 3.05) is 20.6 Å². The molecule has 3 rings (SSSR count). The van der Waals surface area contributed by atoms with Crippen LogP contribution < -0.4 is 0 Å². The molecule has 1 aromatic rings. The van der Waals surface area contributed by atoms with Gasteiger partial charge in [0, 0.05) is 7.59 Å². The van der Waals surface area contributed by atoms with Gasteiger partial charge in [-0.25, -0.2) is 4.39 Å². The van der Waals surface area contributed by atoms with Crippen LogP contribution >= 0.6 is 20.7 Å². The molecule has 0 amide bonds. The SMILES string of the molecule is Cc1ccc2c(c1)COC2(CCCN(C)C)C1=IC=C(F)C=C1. The summed E-state index contributed by atoms with van der Waals surface area (Å²) < 4.78 is 22.8. The molecule has 2 aliphatic heterocycles. The molecule has 23 heavy (non-hydrogen) atoms. The van der Waals surface area contributed by atoms with E-state index in [2.05, 4.69) is 44.1 Å². The van der Waals surface area contributed by atoms with Crippen LogP contribution in [-0.2, 0) is 16.9 Å². The van der Waals surface area contributed by atoms with E-state index >= 15 is 0 Å². The lowest BCUT2D eigenvalue weighted by Gasteiger charge is -2.32. The molecule has 2 aliphatic rings. The molecule has 1 unspecified atom stereocenters. The number of hydrogen-bond acceptors (Lipinski definition) is 2. The number of benzene rings is 1. The van der Waals surface area contributed by atoms with Gasteiger partial charge in [-0.05, 0) is 63.7 Å².